The second kappa shape index (κ2) is 6.88. The highest BCUT2D eigenvalue weighted by Gasteiger charge is 2.16. The molecule has 1 unspecified atom stereocenters. The zero-order chi connectivity index (χ0) is 17.1. The Bertz CT molecular complexity index is 819. The largest absolute Gasteiger partial charge is 0.386 e. The summed E-state index contributed by atoms with van der Waals surface area (Å²) in [5.41, 5.74) is 3.14. The highest BCUT2D eigenvalue weighted by molar-refractivity contribution is 5.29. The van der Waals surface area contributed by atoms with Crippen LogP contribution in [0.4, 0.5) is 4.39 Å². The van der Waals surface area contributed by atoms with Gasteiger partial charge in [0, 0.05) is 18.8 Å². The molecule has 24 heavy (non-hydrogen) atoms. The minimum absolute atomic E-state index is 0.0705. The van der Waals surface area contributed by atoms with E-state index >= 15 is 0 Å². The molecule has 0 spiro atoms. The summed E-state index contributed by atoms with van der Waals surface area (Å²) in [5.74, 6) is -0.249. The second-order valence-corrected chi connectivity index (χ2v) is 5.84. The maximum atomic E-state index is 13.3. The fourth-order valence-corrected chi connectivity index (χ4v) is 2.72. The molecule has 2 atom stereocenters. The first-order valence-corrected chi connectivity index (χ1v) is 7.80. The molecule has 3 rings (SSSR count). The maximum absolute atomic E-state index is 13.3. The summed E-state index contributed by atoms with van der Waals surface area (Å²) in [4.78, 5) is 4.14. The highest BCUT2D eigenvalue weighted by atomic mass is 19.1. The smallest absolute Gasteiger partial charge is 0.123 e. The number of halogens is 1. The van der Waals surface area contributed by atoms with Gasteiger partial charge in [0.05, 0.1) is 17.4 Å². The van der Waals surface area contributed by atoms with E-state index in [1.165, 1.54) is 12.1 Å². The molecule has 0 amide bonds. The molecule has 0 aliphatic heterocycles. The summed E-state index contributed by atoms with van der Waals surface area (Å²) in [6.07, 6.45) is 3.07. The van der Waals surface area contributed by atoms with Crippen molar-refractivity contribution in [1.29, 1.82) is 0 Å². The van der Waals surface area contributed by atoms with Crippen LogP contribution in [-0.4, -0.2) is 25.1 Å². The van der Waals surface area contributed by atoms with E-state index in [0.29, 0.717) is 17.8 Å². The molecular formula is C18H19FN4O. The van der Waals surface area contributed by atoms with Crippen molar-refractivity contribution in [3.05, 3.63) is 77.1 Å². The minimum Gasteiger partial charge on any atom is -0.386 e. The third kappa shape index (κ3) is 3.49. The Balaban J connectivity index is 1.75. The average Bonchev–Trinajstić information content (AvgIpc) is 3.03. The van der Waals surface area contributed by atoms with Crippen LogP contribution in [0.3, 0.4) is 0 Å². The van der Waals surface area contributed by atoms with Gasteiger partial charge >= 0.3 is 0 Å². The summed E-state index contributed by atoms with van der Waals surface area (Å²) in [6.45, 7) is 3.85. The minimum atomic E-state index is -0.723. The van der Waals surface area contributed by atoms with Crippen molar-refractivity contribution in [2.45, 2.75) is 32.4 Å². The standard InChI is InChI=1S/C18H19FN4O/c1-12-9-14(19)6-7-16(12)13(2)23-11-15(21-22-23)10-18(24)17-5-3-4-8-20-17/h3-9,11,13,18,24H,10H2,1-2H3/t13-,18?/m0/s1. The third-order valence-electron chi connectivity index (χ3n) is 4.07. The molecule has 0 fully saturated rings. The molecule has 0 bridgehead atoms. The molecule has 0 aliphatic rings. The van der Waals surface area contributed by atoms with Gasteiger partial charge in [0.1, 0.15) is 11.9 Å². The SMILES string of the molecule is Cc1cc(F)ccc1[C@H](C)n1cc(CC(O)c2ccccn2)nn1. The number of benzene rings is 1. The van der Waals surface area contributed by atoms with Crippen LogP contribution in [0.15, 0.2) is 48.8 Å². The molecule has 0 saturated heterocycles. The van der Waals surface area contributed by atoms with Crippen LogP contribution in [-0.2, 0) is 6.42 Å². The number of rotatable bonds is 5. The van der Waals surface area contributed by atoms with Gasteiger partial charge in [0.25, 0.3) is 0 Å². The van der Waals surface area contributed by atoms with E-state index in [2.05, 4.69) is 15.3 Å². The van der Waals surface area contributed by atoms with Gasteiger partial charge in [-0.15, -0.1) is 5.10 Å². The number of aliphatic hydroxyl groups is 1. The van der Waals surface area contributed by atoms with Crippen LogP contribution in [0.1, 0.15) is 41.6 Å². The van der Waals surface area contributed by atoms with E-state index in [9.17, 15) is 9.50 Å². The quantitative estimate of drug-likeness (QED) is 0.783. The number of aryl methyl sites for hydroxylation is 1. The lowest BCUT2D eigenvalue weighted by Gasteiger charge is -2.14. The molecule has 3 aromatic rings. The van der Waals surface area contributed by atoms with E-state index in [4.69, 9.17) is 0 Å². The van der Waals surface area contributed by atoms with E-state index in [-0.39, 0.29) is 11.9 Å². The Morgan fingerprint density at radius 1 is 1.25 bits per heavy atom. The molecular weight excluding hydrogens is 307 g/mol. The normalized spacial score (nSPS) is 13.7. The van der Waals surface area contributed by atoms with Crippen LogP contribution in [0.25, 0.3) is 0 Å². The van der Waals surface area contributed by atoms with Gasteiger partial charge < -0.3 is 5.11 Å². The zero-order valence-electron chi connectivity index (χ0n) is 13.6. The van der Waals surface area contributed by atoms with Crippen LogP contribution in [0, 0.1) is 12.7 Å². The molecule has 124 valence electrons. The number of nitrogens with zero attached hydrogens (tertiary/aromatic N) is 4. The topological polar surface area (TPSA) is 63.8 Å². The third-order valence-corrected chi connectivity index (χ3v) is 4.07. The highest BCUT2D eigenvalue weighted by Crippen LogP contribution is 2.22. The Morgan fingerprint density at radius 3 is 2.79 bits per heavy atom. The Morgan fingerprint density at radius 2 is 2.08 bits per heavy atom. The van der Waals surface area contributed by atoms with Crippen molar-refractivity contribution in [3.8, 4) is 0 Å². The lowest BCUT2D eigenvalue weighted by atomic mass is 10.0. The van der Waals surface area contributed by atoms with Gasteiger partial charge in [-0.05, 0) is 49.2 Å². The summed E-state index contributed by atoms with van der Waals surface area (Å²) in [6, 6.07) is 10.1. The first-order chi connectivity index (χ1) is 11.5. The van der Waals surface area contributed by atoms with Crippen molar-refractivity contribution < 1.29 is 9.50 Å². The molecule has 1 N–H and O–H groups in total. The van der Waals surface area contributed by atoms with Gasteiger partial charge in [-0.25, -0.2) is 9.07 Å². The predicted octanol–water partition coefficient (Wildman–Crippen LogP) is 3.01. The first kappa shape index (κ1) is 16.3. The fourth-order valence-electron chi connectivity index (χ4n) is 2.72. The van der Waals surface area contributed by atoms with E-state index in [1.54, 1.807) is 35.3 Å². The van der Waals surface area contributed by atoms with Gasteiger partial charge in [-0.3, -0.25) is 4.98 Å². The van der Waals surface area contributed by atoms with Crippen LogP contribution < -0.4 is 0 Å². The molecule has 0 aliphatic carbocycles. The number of hydrogen-bond donors (Lipinski definition) is 1. The van der Waals surface area contributed by atoms with Crippen LogP contribution in [0.2, 0.25) is 0 Å². The molecule has 6 heteroatoms. The molecule has 2 aromatic heterocycles. The number of pyridine rings is 1. The van der Waals surface area contributed by atoms with E-state index in [1.807, 2.05) is 19.9 Å². The van der Waals surface area contributed by atoms with Crippen LogP contribution >= 0.6 is 0 Å². The zero-order valence-corrected chi connectivity index (χ0v) is 13.6. The van der Waals surface area contributed by atoms with Crippen molar-refractivity contribution in [1.82, 2.24) is 20.0 Å². The molecule has 0 radical (unpaired) electrons. The van der Waals surface area contributed by atoms with Gasteiger partial charge in [-0.2, -0.15) is 0 Å². The Hall–Kier alpha value is -2.60. The van der Waals surface area contributed by atoms with E-state index in [0.717, 1.165) is 11.1 Å². The van der Waals surface area contributed by atoms with Gasteiger partial charge in [0.15, 0.2) is 0 Å². The van der Waals surface area contributed by atoms with Crippen molar-refractivity contribution in [2.24, 2.45) is 0 Å². The number of hydrogen-bond acceptors (Lipinski definition) is 4. The maximum Gasteiger partial charge on any atom is 0.123 e. The van der Waals surface area contributed by atoms with Crippen molar-refractivity contribution in [2.75, 3.05) is 0 Å². The number of aliphatic hydroxyl groups excluding tert-OH is 1. The summed E-state index contributed by atoms with van der Waals surface area (Å²) >= 11 is 0. The molecule has 1 aromatic carbocycles. The first-order valence-electron chi connectivity index (χ1n) is 7.80. The average molecular weight is 326 g/mol. The summed E-state index contributed by atoms with van der Waals surface area (Å²) < 4.78 is 15.0. The van der Waals surface area contributed by atoms with Gasteiger partial charge in [0.2, 0.25) is 0 Å². The number of aromatic nitrogens is 4. The van der Waals surface area contributed by atoms with E-state index < -0.39 is 6.10 Å². The summed E-state index contributed by atoms with van der Waals surface area (Å²) in [5, 5.41) is 18.5. The Kier molecular flexibility index (Phi) is 4.66. The van der Waals surface area contributed by atoms with Gasteiger partial charge in [-0.1, -0.05) is 17.3 Å². The molecule has 0 saturated carbocycles. The Labute approximate surface area is 139 Å². The molecule has 2 heterocycles. The predicted molar refractivity (Wildman–Crippen MR) is 87.9 cm³/mol. The summed E-state index contributed by atoms with van der Waals surface area (Å²) in [7, 11) is 0. The fraction of sp³-hybridized carbons (Fsp3) is 0.278. The van der Waals surface area contributed by atoms with Crippen molar-refractivity contribution in [3.63, 3.8) is 0 Å². The second-order valence-electron chi connectivity index (χ2n) is 5.84. The lowest BCUT2D eigenvalue weighted by Crippen LogP contribution is -2.09. The monoisotopic (exact) mass is 326 g/mol. The van der Waals surface area contributed by atoms with Crippen molar-refractivity contribution >= 4 is 0 Å². The lowest BCUT2D eigenvalue weighted by molar-refractivity contribution is 0.172. The van der Waals surface area contributed by atoms with Crippen LogP contribution in [0.5, 0.6) is 0 Å². The molecule has 5 nitrogen and oxygen atoms in total.